The lowest BCUT2D eigenvalue weighted by molar-refractivity contribution is -0.384. The molecule has 24 heavy (non-hydrogen) atoms. The second kappa shape index (κ2) is 6.32. The van der Waals surface area contributed by atoms with Crippen molar-refractivity contribution in [3.63, 3.8) is 0 Å². The normalized spacial score (nSPS) is 10.6. The Morgan fingerprint density at radius 1 is 1.17 bits per heavy atom. The van der Waals surface area contributed by atoms with Crippen LogP contribution in [0.5, 0.6) is 0 Å². The van der Waals surface area contributed by atoms with Crippen molar-refractivity contribution in [1.82, 2.24) is 9.78 Å². The molecule has 0 spiro atoms. The van der Waals surface area contributed by atoms with Gasteiger partial charge in [0.25, 0.3) is 5.69 Å². The quantitative estimate of drug-likeness (QED) is 0.381. The number of hydrogen-bond acceptors (Lipinski definition) is 4. The molecule has 0 atom stereocenters. The summed E-state index contributed by atoms with van der Waals surface area (Å²) in [6.07, 6.45) is 0.573. The van der Waals surface area contributed by atoms with Crippen molar-refractivity contribution in [3.8, 4) is 16.9 Å². The highest BCUT2D eigenvalue weighted by molar-refractivity contribution is 9.10. The molecular formula is C16H9BrFN3O3. The molecule has 6 nitrogen and oxygen atoms in total. The predicted octanol–water partition coefficient (Wildman–Crippen LogP) is 4.16. The minimum atomic E-state index is -0.533. The first-order valence-electron chi connectivity index (χ1n) is 6.76. The standard InChI is InChI=1S/C16H9BrFN3O3/c17-16-13(9-22)15(12-3-1-2-4-14(12)21(23)24)19-20(16)11-7-5-10(18)6-8-11/h1-9H. The molecule has 0 saturated heterocycles. The van der Waals surface area contributed by atoms with Gasteiger partial charge in [0.05, 0.1) is 21.7 Å². The van der Waals surface area contributed by atoms with Crippen LogP contribution in [0, 0.1) is 15.9 Å². The highest BCUT2D eigenvalue weighted by Gasteiger charge is 2.24. The first-order valence-corrected chi connectivity index (χ1v) is 7.55. The number of nitro benzene ring substituents is 1. The van der Waals surface area contributed by atoms with Crippen LogP contribution in [0.4, 0.5) is 10.1 Å². The van der Waals surface area contributed by atoms with Crippen LogP contribution in [0.1, 0.15) is 10.4 Å². The number of rotatable bonds is 4. The molecule has 0 aliphatic heterocycles. The molecule has 0 amide bonds. The monoisotopic (exact) mass is 389 g/mol. The number of carbonyl (C=O) groups is 1. The molecule has 8 heteroatoms. The Kier molecular flexibility index (Phi) is 4.22. The number of aldehydes is 1. The van der Waals surface area contributed by atoms with E-state index in [1.54, 1.807) is 6.07 Å². The first kappa shape index (κ1) is 16.0. The zero-order valence-electron chi connectivity index (χ0n) is 12.0. The minimum Gasteiger partial charge on any atom is -0.298 e. The summed E-state index contributed by atoms with van der Waals surface area (Å²) >= 11 is 3.28. The van der Waals surface area contributed by atoms with Gasteiger partial charge in [0.2, 0.25) is 0 Å². The highest BCUT2D eigenvalue weighted by atomic mass is 79.9. The van der Waals surface area contributed by atoms with Gasteiger partial charge in [0, 0.05) is 6.07 Å². The molecule has 0 saturated carbocycles. The van der Waals surface area contributed by atoms with E-state index in [0.717, 1.165) is 0 Å². The Morgan fingerprint density at radius 2 is 1.83 bits per heavy atom. The van der Waals surface area contributed by atoms with Gasteiger partial charge in [-0.1, -0.05) is 12.1 Å². The zero-order valence-corrected chi connectivity index (χ0v) is 13.6. The van der Waals surface area contributed by atoms with Crippen molar-refractivity contribution in [2.45, 2.75) is 0 Å². The van der Waals surface area contributed by atoms with Crippen molar-refractivity contribution in [2.24, 2.45) is 0 Å². The summed E-state index contributed by atoms with van der Waals surface area (Å²) in [6, 6.07) is 11.5. The molecule has 0 fully saturated rings. The Balaban J connectivity index is 2.24. The van der Waals surface area contributed by atoms with E-state index in [4.69, 9.17) is 0 Å². The summed E-state index contributed by atoms with van der Waals surface area (Å²) < 4.78 is 14.8. The molecule has 3 rings (SSSR count). The van der Waals surface area contributed by atoms with Gasteiger partial charge in [0.1, 0.15) is 16.1 Å². The lowest BCUT2D eigenvalue weighted by Gasteiger charge is -2.02. The molecule has 120 valence electrons. The molecule has 3 aromatic rings. The maximum Gasteiger partial charge on any atom is 0.278 e. The minimum absolute atomic E-state index is 0.156. The Morgan fingerprint density at radius 3 is 2.46 bits per heavy atom. The van der Waals surface area contributed by atoms with E-state index >= 15 is 0 Å². The molecule has 0 radical (unpaired) electrons. The van der Waals surface area contributed by atoms with Gasteiger partial charge in [-0.15, -0.1) is 0 Å². The zero-order chi connectivity index (χ0) is 17.3. The number of aromatic nitrogens is 2. The summed E-state index contributed by atoms with van der Waals surface area (Å²) in [5.41, 5.74) is 0.932. The van der Waals surface area contributed by atoms with Crippen molar-refractivity contribution < 1.29 is 14.1 Å². The third-order valence-electron chi connectivity index (χ3n) is 3.41. The Labute approximate surface area is 143 Å². The largest absolute Gasteiger partial charge is 0.298 e. The lowest BCUT2D eigenvalue weighted by Crippen LogP contribution is -1.97. The lowest BCUT2D eigenvalue weighted by atomic mass is 10.1. The number of benzene rings is 2. The van der Waals surface area contributed by atoms with Gasteiger partial charge in [-0.2, -0.15) is 5.10 Å². The van der Waals surface area contributed by atoms with Crippen LogP contribution in [0.2, 0.25) is 0 Å². The van der Waals surface area contributed by atoms with Gasteiger partial charge < -0.3 is 0 Å². The van der Waals surface area contributed by atoms with Crippen LogP contribution in [-0.2, 0) is 0 Å². The summed E-state index contributed by atoms with van der Waals surface area (Å²) in [4.78, 5) is 22.2. The van der Waals surface area contributed by atoms with Crippen LogP contribution in [0.25, 0.3) is 16.9 Å². The molecule has 1 heterocycles. The predicted molar refractivity (Wildman–Crippen MR) is 88.7 cm³/mol. The molecule has 2 aromatic carbocycles. The van der Waals surface area contributed by atoms with Crippen molar-refractivity contribution >= 4 is 27.9 Å². The van der Waals surface area contributed by atoms with Crippen LogP contribution in [-0.4, -0.2) is 21.0 Å². The average Bonchev–Trinajstić information content (AvgIpc) is 2.92. The second-order valence-corrected chi connectivity index (χ2v) is 5.58. The topological polar surface area (TPSA) is 78.0 Å². The van der Waals surface area contributed by atoms with E-state index in [-0.39, 0.29) is 22.5 Å². The summed E-state index contributed by atoms with van der Waals surface area (Å²) in [7, 11) is 0. The van der Waals surface area contributed by atoms with Gasteiger partial charge in [0.15, 0.2) is 6.29 Å². The summed E-state index contributed by atoms with van der Waals surface area (Å²) in [5.74, 6) is -0.406. The number of carbonyl (C=O) groups excluding carboxylic acids is 1. The van der Waals surface area contributed by atoms with Gasteiger partial charge in [-0.05, 0) is 46.3 Å². The smallest absolute Gasteiger partial charge is 0.278 e. The van der Waals surface area contributed by atoms with Crippen molar-refractivity contribution in [2.75, 3.05) is 0 Å². The molecule has 0 unspecified atom stereocenters. The molecule has 0 aliphatic carbocycles. The SMILES string of the molecule is O=Cc1c(-c2ccccc2[N+](=O)[O-])nn(-c2ccc(F)cc2)c1Br. The molecule has 0 bridgehead atoms. The molecule has 1 aromatic heterocycles. The number of halogens is 2. The number of nitro groups is 1. The van der Waals surface area contributed by atoms with Crippen molar-refractivity contribution in [3.05, 3.63) is 74.6 Å². The van der Waals surface area contributed by atoms with Gasteiger partial charge >= 0.3 is 0 Å². The third-order valence-corrected chi connectivity index (χ3v) is 4.17. The number of hydrogen-bond donors (Lipinski definition) is 0. The van der Waals surface area contributed by atoms with Gasteiger partial charge in [-0.3, -0.25) is 14.9 Å². The average molecular weight is 390 g/mol. The fourth-order valence-corrected chi connectivity index (χ4v) is 2.86. The number of para-hydroxylation sites is 1. The van der Waals surface area contributed by atoms with E-state index in [0.29, 0.717) is 16.6 Å². The van der Waals surface area contributed by atoms with Gasteiger partial charge in [-0.25, -0.2) is 9.07 Å². The van der Waals surface area contributed by atoms with Crippen LogP contribution in [0.15, 0.2) is 53.1 Å². The van der Waals surface area contributed by atoms with E-state index in [1.807, 2.05) is 0 Å². The van der Waals surface area contributed by atoms with E-state index in [1.165, 1.54) is 47.1 Å². The Hall–Kier alpha value is -2.87. The Bertz CT molecular complexity index is 938. The van der Waals surface area contributed by atoms with E-state index in [2.05, 4.69) is 21.0 Å². The molecule has 0 aliphatic rings. The van der Waals surface area contributed by atoms with E-state index < -0.39 is 10.7 Å². The summed E-state index contributed by atoms with van der Waals surface area (Å²) in [5, 5.41) is 15.5. The van der Waals surface area contributed by atoms with Crippen LogP contribution >= 0.6 is 15.9 Å². The summed E-state index contributed by atoms with van der Waals surface area (Å²) in [6.45, 7) is 0. The number of nitrogens with zero attached hydrogens (tertiary/aromatic N) is 3. The third kappa shape index (κ3) is 2.71. The molecular weight excluding hydrogens is 381 g/mol. The fraction of sp³-hybridized carbons (Fsp3) is 0. The van der Waals surface area contributed by atoms with E-state index in [9.17, 15) is 19.3 Å². The maximum absolute atomic E-state index is 13.1. The maximum atomic E-state index is 13.1. The fourth-order valence-electron chi connectivity index (χ4n) is 2.30. The van der Waals surface area contributed by atoms with Crippen molar-refractivity contribution in [1.29, 1.82) is 0 Å². The highest BCUT2D eigenvalue weighted by Crippen LogP contribution is 2.34. The first-order chi connectivity index (χ1) is 11.5. The molecule has 0 N–H and O–H groups in total. The second-order valence-electron chi connectivity index (χ2n) is 4.83. The van der Waals surface area contributed by atoms with Crippen LogP contribution < -0.4 is 0 Å². The van der Waals surface area contributed by atoms with Crippen LogP contribution in [0.3, 0.4) is 0 Å².